The fourth-order valence-corrected chi connectivity index (χ4v) is 4.44. The number of nitrogens with one attached hydrogen (secondary N) is 1. The zero-order valence-electron chi connectivity index (χ0n) is 16.6. The number of aliphatic hydroxyl groups excluding tert-OH is 1. The van der Waals surface area contributed by atoms with E-state index < -0.39 is 41.7 Å². The van der Waals surface area contributed by atoms with Gasteiger partial charge in [-0.05, 0) is 24.3 Å². The maximum Gasteiger partial charge on any atom is 0.323 e. The SMILES string of the molecule is O=NC[C@@H](O)c1cnc(C2(F)CCN(C(=O)Nc3nc4ccc(F)cc4s3)CC2)c(F)c1. The summed E-state index contributed by atoms with van der Waals surface area (Å²) in [7, 11) is 0. The molecule has 8 nitrogen and oxygen atoms in total. The van der Waals surface area contributed by atoms with E-state index in [1.54, 1.807) is 0 Å². The van der Waals surface area contributed by atoms with Crippen LogP contribution in [0.25, 0.3) is 10.2 Å². The summed E-state index contributed by atoms with van der Waals surface area (Å²) in [5.74, 6) is -1.34. The third kappa shape index (κ3) is 4.41. The van der Waals surface area contributed by atoms with Gasteiger partial charge in [-0.2, -0.15) is 4.91 Å². The lowest BCUT2D eigenvalue weighted by Crippen LogP contribution is -2.45. The van der Waals surface area contributed by atoms with E-state index in [2.05, 4.69) is 20.5 Å². The fourth-order valence-electron chi connectivity index (χ4n) is 3.56. The Labute approximate surface area is 184 Å². The number of rotatable bonds is 5. The minimum atomic E-state index is -2.08. The van der Waals surface area contributed by atoms with Gasteiger partial charge in [-0.25, -0.2) is 22.9 Å². The minimum Gasteiger partial charge on any atom is -0.386 e. The van der Waals surface area contributed by atoms with E-state index >= 15 is 4.39 Å². The standard InChI is InChI=1S/C20H18F3N5O3S/c21-12-1-2-14-16(8-12)32-18(26-14)27-19(30)28-5-3-20(23,4-6-28)17-13(22)7-11(9-24-17)15(29)10-25-31/h1-2,7-9,15,29H,3-6,10H2,(H,26,27,30)/t15-/m1/s1. The maximum absolute atomic E-state index is 15.4. The Bertz CT molecular complexity index is 1170. The molecule has 0 bridgehead atoms. The highest BCUT2D eigenvalue weighted by Crippen LogP contribution is 2.38. The van der Waals surface area contributed by atoms with Crippen molar-refractivity contribution in [1.82, 2.24) is 14.9 Å². The fraction of sp³-hybridized carbons (Fsp3) is 0.350. The van der Waals surface area contributed by atoms with Crippen molar-refractivity contribution in [2.24, 2.45) is 5.18 Å². The van der Waals surface area contributed by atoms with Crippen molar-refractivity contribution >= 4 is 32.7 Å². The molecule has 12 heteroatoms. The summed E-state index contributed by atoms with van der Waals surface area (Å²) in [4.78, 5) is 32.2. The number of aliphatic hydroxyl groups is 1. The molecule has 1 aromatic carbocycles. The lowest BCUT2D eigenvalue weighted by molar-refractivity contribution is 0.0644. The molecule has 3 aromatic rings. The lowest BCUT2D eigenvalue weighted by Gasteiger charge is -2.36. The monoisotopic (exact) mass is 465 g/mol. The van der Waals surface area contributed by atoms with Gasteiger partial charge in [0, 0.05) is 37.7 Å². The normalized spacial score (nSPS) is 16.7. The Morgan fingerprint density at radius 3 is 2.75 bits per heavy atom. The van der Waals surface area contributed by atoms with Crippen LogP contribution in [0.1, 0.15) is 30.2 Å². The molecule has 0 radical (unpaired) electrons. The third-order valence-corrected chi connectivity index (χ3v) is 6.26. The second-order valence-electron chi connectivity index (χ2n) is 7.44. The molecular weight excluding hydrogens is 447 g/mol. The first-order valence-electron chi connectivity index (χ1n) is 9.73. The van der Waals surface area contributed by atoms with Crippen molar-refractivity contribution in [1.29, 1.82) is 0 Å². The smallest absolute Gasteiger partial charge is 0.323 e. The minimum absolute atomic E-state index is 0.0163. The van der Waals surface area contributed by atoms with E-state index in [-0.39, 0.29) is 31.5 Å². The van der Waals surface area contributed by atoms with Crippen LogP contribution in [0.15, 0.2) is 35.6 Å². The first-order valence-corrected chi connectivity index (χ1v) is 10.5. The second-order valence-corrected chi connectivity index (χ2v) is 8.47. The summed E-state index contributed by atoms with van der Waals surface area (Å²) < 4.78 is 43.9. The summed E-state index contributed by atoms with van der Waals surface area (Å²) in [6, 6.07) is 4.56. The molecule has 2 N–H and O–H groups in total. The average molecular weight is 465 g/mol. The van der Waals surface area contributed by atoms with E-state index in [9.17, 15) is 23.6 Å². The number of nitrogens with zero attached hydrogens (tertiary/aromatic N) is 4. The number of hydrogen-bond acceptors (Lipinski definition) is 7. The summed E-state index contributed by atoms with van der Waals surface area (Å²) in [5, 5.41) is 15.2. The Morgan fingerprint density at radius 1 is 1.31 bits per heavy atom. The van der Waals surface area contributed by atoms with Crippen LogP contribution in [0.3, 0.4) is 0 Å². The largest absolute Gasteiger partial charge is 0.386 e. The first-order chi connectivity index (χ1) is 15.3. The number of anilines is 1. The molecule has 0 aliphatic carbocycles. The van der Waals surface area contributed by atoms with Crippen LogP contribution in [0.4, 0.5) is 23.1 Å². The van der Waals surface area contributed by atoms with Crippen LogP contribution in [-0.4, -0.2) is 45.6 Å². The second kappa shape index (κ2) is 8.79. The number of nitroso groups, excluding NO2 is 1. The number of piperidine rings is 1. The Kier molecular flexibility index (Phi) is 6.07. The number of hydrogen-bond donors (Lipinski definition) is 2. The number of likely N-dealkylation sites (tertiary alicyclic amines) is 1. The average Bonchev–Trinajstić information content (AvgIpc) is 3.15. The number of amides is 2. The van der Waals surface area contributed by atoms with Crippen molar-refractivity contribution < 1.29 is 23.1 Å². The molecule has 0 unspecified atom stereocenters. The van der Waals surface area contributed by atoms with E-state index in [0.717, 1.165) is 23.6 Å². The molecule has 1 fully saturated rings. The van der Waals surface area contributed by atoms with Crippen molar-refractivity contribution in [2.45, 2.75) is 24.6 Å². The molecule has 1 saturated heterocycles. The van der Waals surface area contributed by atoms with Crippen LogP contribution < -0.4 is 5.32 Å². The van der Waals surface area contributed by atoms with E-state index in [1.807, 2.05) is 0 Å². The number of pyridine rings is 1. The van der Waals surface area contributed by atoms with Crippen LogP contribution in [0, 0.1) is 16.5 Å². The highest BCUT2D eigenvalue weighted by Gasteiger charge is 2.41. The first kappa shape index (κ1) is 22.1. The summed E-state index contributed by atoms with van der Waals surface area (Å²) in [6.45, 7) is -0.431. The number of halogens is 3. The summed E-state index contributed by atoms with van der Waals surface area (Å²) in [5.41, 5.74) is -1.91. The van der Waals surface area contributed by atoms with Crippen LogP contribution >= 0.6 is 11.3 Å². The van der Waals surface area contributed by atoms with Gasteiger partial charge in [0.2, 0.25) is 0 Å². The number of fused-ring (bicyclic) bond motifs is 1. The molecule has 32 heavy (non-hydrogen) atoms. The van der Waals surface area contributed by atoms with Gasteiger partial charge in [-0.3, -0.25) is 10.3 Å². The Balaban J connectivity index is 1.41. The number of carbonyl (C=O) groups excluding carboxylic acids is 1. The molecule has 1 aliphatic rings. The molecule has 1 aliphatic heterocycles. The molecule has 0 saturated carbocycles. The van der Waals surface area contributed by atoms with Gasteiger partial charge >= 0.3 is 6.03 Å². The van der Waals surface area contributed by atoms with Crippen molar-refractivity contribution in [3.63, 3.8) is 0 Å². The lowest BCUT2D eigenvalue weighted by atomic mass is 9.89. The topological polar surface area (TPSA) is 108 Å². The number of alkyl halides is 1. The van der Waals surface area contributed by atoms with Crippen LogP contribution in [0.5, 0.6) is 0 Å². The van der Waals surface area contributed by atoms with Crippen molar-refractivity contribution in [3.8, 4) is 0 Å². The molecule has 1 atom stereocenters. The summed E-state index contributed by atoms with van der Waals surface area (Å²) >= 11 is 1.12. The van der Waals surface area contributed by atoms with Crippen LogP contribution in [0.2, 0.25) is 0 Å². The maximum atomic E-state index is 15.4. The predicted molar refractivity (Wildman–Crippen MR) is 112 cm³/mol. The number of thiazole rings is 1. The van der Waals surface area contributed by atoms with Gasteiger partial charge in [-0.1, -0.05) is 16.5 Å². The quantitative estimate of drug-likeness (QED) is 0.548. The summed E-state index contributed by atoms with van der Waals surface area (Å²) in [6.07, 6.45) is -0.547. The highest BCUT2D eigenvalue weighted by molar-refractivity contribution is 7.22. The molecule has 168 valence electrons. The highest BCUT2D eigenvalue weighted by atomic mass is 32.1. The number of carbonyl (C=O) groups is 1. The molecule has 2 amide bonds. The van der Waals surface area contributed by atoms with Gasteiger partial charge in [-0.15, -0.1) is 0 Å². The molecular formula is C20H18F3N5O3S. The zero-order valence-corrected chi connectivity index (χ0v) is 17.4. The Morgan fingerprint density at radius 2 is 2.06 bits per heavy atom. The van der Waals surface area contributed by atoms with Crippen LogP contribution in [-0.2, 0) is 5.67 Å². The van der Waals surface area contributed by atoms with Gasteiger partial charge in [0.05, 0.1) is 10.2 Å². The van der Waals surface area contributed by atoms with Crippen molar-refractivity contribution in [3.05, 3.63) is 58.3 Å². The molecule has 3 heterocycles. The molecule has 4 rings (SSSR count). The van der Waals surface area contributed by atoms with Gasteiger partial charge < -0.3 is 10.0 Å². The molecule has 2 aromatic heterocycles. The Hall–Kier alpha value is -3.12. The van der Waals surface area contributed by atoms with Gasteiger partial charge in [0.15, 0.2) is 10.8 Å². The third-order valence-electron chi connectivity index (χ3n) is 5.33. The number of benzene rings is 1. The van der Waals surface area contributed by atoms with E-state index in [1.165, 1.54) is 23.1 Å². The van der Waals surface area contributed by atoms with E-state index in [0.29, 0.717) is 15.3 Å². The molecule has 0 spiro atoms. The zero-order chi connectivity index (χ0) is 22.9. The van der Waals surface area contributed by atoms with Gasteiger partial charge in [0.1, 0.15) is 30.0 Å². The predicted octanol–water partition coefficient (Wildman–Crippen LogP) is 4.26. The number of urea groups is 1. The van der Waals surface area contributed by atoms with Gasteiger partial charge in [0.25, 0.3) is 0 Å². The van der Waals surface area contributed by atoms with Crippen molar-refractivity contribution in [2.75, 3.05) is 25.0 Å². The number of aromatic nitrogens is 2. The van der Waals surface area contributed by atoms with E-state index in [4.69, 9.17) is 0 Å².